The normalized spacial score (nSPS) is 10.2. The topological polar surface area (TPSA) is 62.1 Å². The Balaban J connectivity index is 1.66. The minimum Gasteiger partial charge on any atom is -0.494 e. The Morgan fingerprint density at radius 2 is 1.81 bits per heavy atom. The molecule has 0 fully saturated rings. The monoisotopic (exact) mass is 382 g/mol. The van der Waals surface area contributed by atoms with Gasteiger partial charge < -0.3 is 10.1 Å². The van der Waals surface area contributed by atoms with Gasteiger partial charge in [0.25, 0.3) is 0 Å². The Kier molecular flexibility index (Phi) is 9.29. The van der Waals surface area contributed by atoms with Crippen LogP contribution < -0.4 is 10.1 Å². The average molecular weight is 383 g/mol. The molecule has 1 amide bonds. The minimum atomic E-state index is -0.0260. The Hall–Kier alpha value is -2.45. The minimum absolute atomic E-state index is 0.0260. The molecule has 27 heavy (non-hydrogen) atoms. The summed E-state index contributed by atoms with van der Waals surface area (Å²) in [5.74, 6) is 1.93. The molecule has 0 unspecified atom stereocenters. The van der Waals surface area contributed by atoms with Crippen LogP contribution in [0.25, 0.3) is 0 Å². The van der Waals surface area contributed by atoms with Crippen LogP contribution in [0.5, 0.6) is 5.75 Å². The second-order valence-corrected chi connectivity index (χ2v) is 7.27. The number of rotatable bonds is 11. The van der Waals surface area contributed by atoms with E-state index in [0.29, 0.717) is 11.3 Å². The van der Waals surface area contributed by atoms with Gasteiger partial charge in [-0.3, -0.25) is 4.79 Å². The number of nitriles is 1. The fraction of sp³-hybridized carbons (Fsp3) is 0.364. The van der Waals surface area contributed by atoms with Gasteiger partial charge >= 0.3 is 0 Å². The first-order valence-electron chi connectivity index (χ1n) is 9.30. The summed E-state index contributed by atoms with van der Waals surface area (Å²) in [7, 11) is 0. The van der Waals surface area contributed by atoms with Gasteiger partial charge in [0.2, 0.25) is 5.91 Å². The molecule has 0 aliphatic heterocycles. The van der Waals surface area contributed by atoms with Crippen LogP contribution in [-0.4, -0.2) is 18.3 Å². The van der Waals surface area contributed by atoms with Gasteiger partial charge in [0, 0.05) is 11.4 Å². The quantitative estimate of drug-likeness (QED) is 0.529. The molecule has 5 heteroatoms. The number of unbranched alkanes of at least 4 members (excludes halogenated alkanes) is 3. The Bertz CT molecular complexity index is 736. The van der Waals surface area contributed by atoms with Crippen LogP contribution in [0, 0.1) is 11.3 Å². The lowest BCUT2D eigenvalue weighted by Gasteiger charge is -2.08. The van der Waals surface area contributed by atoms with Crippen LogP contribution in [0.1, 0.15) is 43.7 Å². The lowest BCUT2D eigenvalue weighted by Crippen LogP contribution is -2.14. The molecule has 1 N–H and O–H groups in total. The standard InChI is InChI=1S/C22H26N2O2S/c1-2-3-4-5-14-26-21-12-10-20(11-13-21)24-22(25)17-27-16-19-8-6-18(15-23)7-9-19/h6-13H,2-5,14,16-17H2,1H3,(H,24,25). The number of hydrogen-bond acceptors (Lipinski definition) is 4. The molecule has 0 spiro atoms. The Labute approximate surface area is 165 Å². The molecule has 0 heterocycles. The highest BCUT2D eigenvalue weighted by Gasteiger charge is 2.04. The molecular formula is C22H26N2O2S. The van der Waals surface area contributed by atoms with E-state index in [1.807, 2.05) is 36.4 Å². The van der Waals surface area contributed by atoms with E-state index in [0.717, 1.165) is 35.8 Å². The van der Waals surface area contributed by atoms with E-state index < -0.39 is 0 Å². The van der Waals surface area contributed by atoms with Gasteiger partial charge in [0.1, 0.15) is 5.75 Å². The van der Waals surface area contributed by atoms with Crippen molar-refractivity contribution in [1.29, 1.82) is 5.26 Å². The van der Waals surface area contributed by atoms with Crippen molar-refractivity contribution >= 4 is 23.4 Å². The summed E-state index contributed by atoms with van der Waals surface area (Å²) < 4.78 is 5.71. The first-order valence-corrected chi connectivity index (χ1v) is 10.5. The summed E-state index contributed by atoms with van der Waals surface area (Å²) in [4.78, 5) is 12.1. The van der Waals surface area contributed by atoms with Gasteiger partial charge in [-0.25, -0.2) is 0 Å². The van der Waals surface area contributed by atoms with E-state index in [1.54, 1.807) is 23.9 Å². The summed E-state index contributed by atoms with van der Waals surface area (Å²) in [6, 6.07) is 17.0. The summed E-state index contributed by atoms with van der Waals surface area (Å²) in [6.07, 6.45) is 4.74. The van der Waals surface area contributed by atoms with E-state index in [4.69, 9.17) is 10.00 Å². The highest BCUT2D eigenvalue weighted by Crippen LogP contribution is 2.17. The van der Waals surface area contributed by atoms with Gasteiger partial charge in [-0.05, 0) is 48.4 Å². The second kappa shape index (κ2) is 12.0. The third-order valence-corrected chi connectivity index (χ3v) is 4.99. The Morgan fingerprint density at radius 1 is 1.07 bits per heavy atom. The number of thioether (sulfide) groups is 1. The first-order chi connectivity index (χ1) is 13.2. The molecular weight excluding hydrogens is 356 g/mol. The fourth-order valence-electron chi connectivity index (χ4n) is 2.49. The molecule has 0 aromatic heterocycles. The molecule has 4 nitrogen and oxygen atoms in total. The number of ether oxygens (including phenoxy) is 1. The summed E-state index contributed by atoms with van der Waals surface area (Å²) >= 11 is 1.55. The van der Waals surface area contributed by atoms with E-state index in [1.165, 1.54) is 19.3 Å². The van der Waals surface area contributed by atoms with E-state index in [-0.39, 0.29) is 5.91 Å². The van der Waals surface area contributed by atoms with Crippen molar-refractivity contribution in [3.8, 4) is 11.8 Å². The smallest absolute Gasteiger partial charge is 0.234 e. The fourth-order valence-corrected chi connectivity index (χ4v) is 3.28. The average Bonchev–Trinajstić information content (AvgIpc) is 2.69. The number of carbonyl (C=O) groups is 1. The van der Waals surface area contributed by atoms with Gasteiger partial charge in [-0.15, -0.1) is 11.8 Å². The lowest BCUT2D eigenvalue weighted by atomic mass is 10.2. The maximum Gasteiger partial charge on any atom is 0.234 e. The van der Waals surface area contributed by atoms with Gasteiger partial charge in [0.05, 0.1) is 24.0 Å². The van der Waals surface area contributed by atoms with Crippen molar-refractivity contribution in [2.45, 2.75) is 38.4 Å². The second-order valence-electron chi connectivity index (χ2n) is 6.28. The number of anilines is 1. The predicted molar refractivity (Wildman–Crippen MR) is 112 cm³/mol. The van der Waals surface area contributed by atoms with Crippen LogP contribution >= 0.6 is 11.8 Å². The highest BCUT2D eigenvalue weighted by molar-refractivity contribution is 7.99. The lowest BCUT2D eigenvalue weighted by molar-refractivity contribution is -0.113. The third-order valence-electron chi connectivity index (χ3n) is 3.99. The highest BCUT2D eigenvalue weighted by atomic mass is 32.2. The zero-order valence-electron chi connectivity index (χ0n) is 15.7. The number of hydrogen-bond donors (Lipinski definition) is 1. The maximum absolute atomic E-state index is 12.1. The maximum atomic E-state index is 12.1. The van der Waals surface area contributed by atoms with Crippen molar-refractivity contribution in [1.82, 2.24) is 0 Å². The predicted octanol–water partition coefficient (Wildman–Crippen LogP) is 5.39. The number of nitrogens with zero attached hydrogens (tertiary/aromatic N) is 1. The van der Waals surface area contributed by atoms with Gasteiger partial charge in [-0.1, -0.05) is 38.3 Å². The molecule has 0 saturated heterocycles. The van der Waals surface area contributed by atoms with Crippen LogP contribution in [-0.2, 0) is 10.5 Å². The van der Waals surface area contributed by atoms with Crippen LogP contribution in [0.15, 0.2) is 48.5 Å². The van der Waals surface area contributed by atoms with E-state index >= 15 is 0 Å². The van der Waals surface area contributed by atoms with Crippen molar-refractivity contribution in [3.05, 3.63) is 59.7 Å². The zero-order chi connectivity index (χ0) is 19.3. The first kappa shape index (κ1) is 20.9. The molecule has 0 atom stereocenters. The molecule has 0 saturated carbocycles. The molecule has 2 aromatic rings. The number of benzene rings is 2. The summed E-state index contributed by atoms with van der Waals surface area (Å²) in [6.45, 7) is 2.93. The number of carbonyl (C=O) groups excluding carboxylic acids is 1. The Morgan fingerprint density at radius 3 is 2.48 bits per heavy atom. The molecule has 0 aliphatic carbocycles. The van der Waals surface area contributed by atoms with Crippen molar-refractivity contribution in [3.63, 3.8) is 0 Å². The van der Waals surface area contributed by atoms with Crippen LogP contribution in [0.3, 0.4) is 0 Å². The molecule has 142 valence electrons. The third kappa shape index (κ3) is 8.19. The van der Waals surface area contributed by atoms with E-state index in [9.17, 15) is 4.79 Å². The SMILES string of the molecule is CCCCCCOc1ccc(NC(=O)CSCc2ccc(C#N)cc2)cc1. The van der Waals surface area contributed by atoms with E-state index in [2.05, 4.69) is 18.3 Å². The molecule has 2 aromatic carbocycles. The molecule has 2 rings (SSSR count). The number of amides is 1. The van der Waals surface area contributed by atoms with Gasteiger partial charge in [-0.2, -0.15) is 5.26 Å². The van der Waals surface area contributed by atoms with Crippen molar-refractivity contribution in [2.75, 3.05) is 17.7 Å². The summed E-state index contributed by atoms with van der Waals surface area (Å²) in [5.41, 5.74) is 2.53. The number of nitrogens with one attached hydrogen (secondary N) is 1. The summed E-state index contributed by atoms with van der Waals surface area (Å²) in [5, 5.41) is 11.7. The van der Waals surface area contributed by atoms with Gasteiger partial charge in [0.15, 0.2) is 0 Å². The zero-order valence-corrected chi connectivity index (χ0v) is 16.6. The molecule has 0 bridgehead atoms. The van der Waals surface area contributed by atoms with Crippen LogP contribution in [0.2, 0.25) is 0 Å². The molecule has 0 aliphatic rings. The largest absolute Gasteiger partial charge is 0.494 e. The van der Waals surface area contributed by atoms with Crippen molar-refractivity contribution < 1.29 is 9.53 Å². The van der Waals surface area contributed by atoms with Crippen molar-refractivity contribution in [2.24, 2.45) is 0 Å². The van der Waals surface area contributed by atoms with Crippen LogP contribution in [0.4, 0.5) is 5.69 Å². The molecule has 0 radical (unpaired) electrons.